The summed E-state index contributed by atoms with van der Waals surface area (Å²) in [7, 11) is 0. The molecule has 2 rings (SSSR count). The number of carbonyl (C=O) groups is 1. The lowest BCUT2D eigenvalue weighted by atomic mass is 10.1. The average molecular weight is 252 g/mol. The zero-order valence-corrected chi connectivity index (χ0v) is 10.6. The normalized spacial score (nSPS) is 21.5. The SMILES string of the molecule is CC(OC1CCCNC1)C(=O)NCc1ccco1. The van der Waals surface area contributed by atoms with Crippen molar-refractivity contribution < 1.29 is 13.9 Å². The van der Waals surface area contributed by atoms with Gasteiger partial charge in [0.05, 0.1) is 18.9 Å². The molecule has 2 unspecified atom stereocenters. The van der Waals surface area contributed by atoms with Gasteiger partial charge in [-0.3, -0.25) is 4.79 Å². The molecule has 0 bridgehead atoms. The first-order chi connectivity index (χ1) is 8.75. The molecule has 5 nitrogen and oxygen atoms in total. The third-order valence-corrected chi connectivity index (χ3v) is 3.03. The quantitative estimate of drug-likeness (QED) is 0.822. The van der Waals surface area contributed by atoms with E-state index in [1.807, 2.05) is 6.07 Å². The fourth-order valence-corrected chi connectivity index (χ4v) is 2.02. The van der Waals surface area contributed by atoms with E-state index in [0.29, 0.717) is 6.54 Å². The largest absolute Gasteiger partial charge is 0.467 e. The van der Waals surface area contributed by atoms with Crippen molar-refractivity contribution in [2.45, 2.75) is 38.5 Å². The lowest BCUT2D eigenvalue weighted by Gasteiger charge is -2.25. The maximum atomic E-state index is 11.8. The van der Waals surface area contributed by atoms with Crippen molar-refractivity contribution in [3.63, 3.8) is 0 Å². The van der Waals surface area contributed by atoms with Crippen LogP contribution in [0.4, 0.5) is 0 Å². The minimum atomic E-state index is -0.426. The van der Waals surface area contributed by atoms with Crippen LogP contribution in [0.3, 0.4) is 0 Å². The van der Waals surface area contributed by atoms with Gasteiger partial charge in [0.1, 0.15) is 11.9 Å². The van der Waals surface area contributed by atoms with Crippen LogP contribution < -0.4 is 10.6 Å². The highest BCUT2D eigenvalue weighted by Crippen LogP contribution is 2.09. The summed E-state index contributed by atoms with van der Waals surface area (Å²) in [4.78, 5) is 11.8. The molecule has 2 atom stereocenters. The lowest BCUT2D eigenvalue weighted by molar-refractivity contribution is -0.136. The number of piperidine rings is 1. The molecule has 1 amide bonds. The first-order valence-electron chi connectivity index (χ1n) is 6.42. The van der Waals surface area contributed by atoms with Crippen LogP contribution in [0.5, 0.6) is 0 Å². The molecule has 0 aromatic carbocycles. The van der Waals surface area contributed by atoms with E-state index in [-0.39, 0.29) is 12.0 Å². The van der Waals surface area contributed by atoms with Gasteiger partial charge in [0.25, 0.3) is 0 Å². The molecule has 1 saturated heterocycles. The molecule has 1 aromatic rings. The minimum absolute atomic E-state index is 0.100. The van der Waals surface area contributed by atoms with Gasteiger partial charge in [-0.2, -0.15) is 0 Å². The summed E-state index contributed by atoms with van der Waals surface area (Å²) in [6, 6.07) is 3.63. The molecule has 0 spiro atoms. The lowest BCUT2D eigenvalue weighted by Crippen LogP contribution is -2.41. The third-order valence-electron chi connectivity index (χ3n) is 3.03. The summed E-state index contributed by atoms with van der Waals surface area (Å²) in [6.45, 7) is 4.06. The molecule has 2 N–H and O–H groups in total. The standard InChI is InChI=1S/C13H20N2O3/c1-10(18-12-4-2-6-14-8-12)13(16)15-9-11-5-3-7-17-11/h3,5,7,10,12,14H,2,4,6,8-9H2,1H3,(H,15,16). The molecule has 100 valence electrons. The van der Waals surface area contributed by atoms with Crippen LogP contribution in [0.1, 0.15) is 25.5 Å². The van der Waals surface area contributed by atoms with E-state index in [0.717, 1.165) is 31.7 Å². The summed E-state index contributed by atoms with van der Waals surface area (Å²) in [5.74, 6) is 0.645. The highest BCUT2D eigenvalue weighted by atomic mass is 16.5. The van der Waals surface area contributed by atoms with E-state index in [1.165, 1.54) is 0 Å². The zero-order chi connectivity index (χ0) is 12.8. The average Bonchev–Trinajstić information content (AvgIpc) is 2.90. The van der Waals surface area contributed by atoms with Crippen molar-refractivity contribution in [2.75, 3.05) is 13.1 Å². The highest BCUT2D eigenvalue weighted by Gasteiger charge is 2.20. The van der Waals surface area contributed by atoms with Crippen LogP contribution in [0, 0.1) is 0 Å². The Bertz CT molecular complexity index is 358. The van der Waals surface area contributed by atoms with Crippen LogP contribution in [-0.2, 0) is 16.1 Å². The Morgan fingerprint density at radius 2 is 2.61 bits per heavy atom. The smallest absolute Gasteiger partial charge is 0.249 e. The monoisotopic (exact) mass is 252 g/mol. The predicted molar refractivity (Wildman–Crippen MR) is 67.0 cm³/mol. The van der Waals surface area contributed by atoms with Crippen LogP contribution in [0.25, 0.3) is 0 Å². The Labute approximate surface area is 107 Å². The molecule has 2 heterocycles. The van der Waals surface area contributed by atoms with Crippen LogP contribution in [0.15, 0.2) is 22.8 Å². The number of furan rings is 1. The first kappa shape index (κ1) is 13.1. The molecule has 1 aliphatic heterocycles. The molecule has 0 aliphatic carbocycles. The third kappa shape index (κ3) is 3.85. The van der Waals surface area contributed by atoms with E-state index < -0.39 is 6.10 Å². The summed E-state index contributed by atoms with van der Waals surface area (Å²) in [5.41, 5.74) is 0. The van der Waals surface area contributed by atoms with E-state index in [4.69, 9.17) is 9.15 Å². The van der Waals surface area contributed by atoms with Crippen LogP contribution in [-0.4, -0.2) is 31.2 Å². The van der Waals surface area contributed by atoms with Gasteiger partial charge < -0.3 is 19.8 Å². The van der Waals surface area contributed by atoms with Crippen molar-refractivity contribution in [1.29, 1.82) is 0 Å². The number of carbonyl (C=O) groups excluding carboxylic acids is 1. The van der Waals surface area contributed by atoms with Crippen molar-refractivity contribution in [2.24, 2.45) is 0 Å². The van der Waals surface area contributed by atoms with Crippen molar-refractivity contribution in [3.8, 4) is 0 Å². The van der Waals surface area contributed by atoms with Crippen molar-refractivity contribution >= 4 is 5.91 Å². The van der Waals surface area contributed by atoms with Crippen molar-refractivity contribution in [3.05, 3.63) is 24.2 Å². The molecule has 0 saturated carbocycles. The fourth-order valence-electron chi connectivity index (χ4n) is 2.02. The second-order valence-corrected chi connectivity index (χ2v) is 4.54. The molecule has 1 fully saturated rings. The van der Waals surface area contributed by atoms with Gasteiger partial charge in [-0.1, -0.05) is 0 Å². The Morgan fingerprint density at radius 3 is 3.28 bits per heavy atom. The number of hydrogen-bond donors (Lipinski definition) is 2. The Morgan fingerprint density at radius 1 is 1.72 bits per heavy atom. The molecule has 5 heteroatoms. The summed E-state index contributed by atoms with van der Waals surface area (Å²) < 4.78 is 10.9. The summed E-state index contributed by atoms with van der Waals surface area (Å²) in [6.07, 6.45) is 3.43. The van der Waals surface area contributed by atoms with E-state index in [2.05, 4.69) is 10.6 Å². The Kier molecular flexibility index (Phi) is 4.78. The maximum absolute atomic E-state index is 11.8. The van der Waals surface area contributed by atoms with Gasteiger partial charge in [0, 0.05) is 6.54 Å². The Balaban J connectivity index is 1.70. The molecule has 18 heavy (non-hydrogen) atoms. The minimum Gasteiger partial charge on any atom is -0.467 e. The highest BCUT2D eigenvalue weighted by molar-refractivity contribution is 5.80. The predicted octanol–water partition coefficient (Wildman–Crippen LogP) is 1.05. The topological polar surface area (TPSA) is 63.5 Å². The van der Waals surface area contributed by atoms with Gasteiger partial charge in [-0.05, 0) is 38.4 Å². The van der Waals surface area contributed by atoms with E-state index in [1.54, 1.807) is 19.3 Å². The number of amides is 1. The maximum Gasteiger partial charge on any atom is 0.249 e. The van der Waals surface area contributed by atoms with E-state index in [9.17, 15) is 4.79 Å². The number of ether oxygens (including phenoxy) is 1. The molecular weight excluding hydrogens is 232 g/mol. The van der Waals surface area contributed by atoms with Crippen molar-refractivity contribution in [1.82, 2.24) is 10.6 Å². The molecule has 1 aromatic heterocycles. The second-order valence-electron chi connectivity index (χ2n) is 4.54. The summed E-state index contributed by atoms with van der Waals surface area (Å²) >= 11 is 0. The van der Waals surface area contributed by atoms with E-state index >= 15 is 0 Å². The van der Waals surface area contributed by atoms with Gasteiger partial charge in [0.2, 0.25) is 5.91 Å². The summed E-state index contributed by atoms with van der Waals surface area (Å²) in [5, 5.41) is 6.06. The first-order valence-corrected chi connectivity index (χ1v) is 6.42. The van der Waals surface area contributed by atoms with Gasteiger partial charge in [-0.15, -0.1) is 0 Å². The van der Waals surface area contributed by atoms with Crippen LogP contribution in [0.2, 0.25) is 0 Å². The van der Waals surface area contributed by atoms with Gasteiger partial charge in [-0.25, -0.2) is 0 Å². The molecular formula is C13H20N2O3. The van der Waals surface area contributed by atoms with Crippen LogP contribution >= 0.6 is 0 Å². The Hall–Kier alpha value is -1.33. The second kappa shape index (κ2) is 6.56. The van der Waals surface area contributed by atoms with Gasteiger partial charge in [0.15, 0.2) is 0 Å². The number of nitrogens with one attached hydrogen (secondary N) is 2. The molecule has 1 aliphatic rings. The number of hydrogen-bond acceptors (Lipinski definition) is 4. The molecule has 0 radical (unpaired) electrons. The fraction of sp³-hybridized carbons (Fsp3) is 0.615. The zero-order valence-electron chi connectivity index (χ0n) is 10.6. The number of rotatable bonds is 5. The van der Waals surface area contributed by atoms with Gasteiger partial charge >= 0.3 is 0 Å².